The van der Waals surface area contributed by atoms with E-state index in [1.54, 1.807) is 26.0 Å². The molecular weight excluding hydrogens is 300 g/mol. The van der Waals surface area contributed by atoms with E-state index >= 15 is 0 Å². The van der Waals surface area contributed by atoms with Crippen molar-refractivity contribution in [3.8, 4) is 11.8 Å². The SMILES string of the molecule is CC1(C)O[C@H]2O[C@H]([C@H](O)CO)[C@](O)(C#Cc3ccccc3)[C@H]2O1. The molecule has 0 saturated carbocycles. The number of fused-ring (bicyclic) bond motifs is 1. The summed E-state index contributed by atoms with van der Waals surface area (Å²) < 4.78 is 16.9. The summed E-state index contributed by atoms with van der Waals surface area (Å²) in [7, 11) is 0. The molecule has 0 spiro atoms. The average Bonchev–Trinajstić information content (AvgIpc) is 2.98. The van der Waals surface area contributed by atoms with Crippen molar-refractivity contribution in [2.75, 3.05) is 6.61 Å². The second kappa shape index (κ2) is 5.87. The van der Waals surface area contributed by atoms with E-state index in [2.05, 4.69) is 11.8 Å². The fourth-order valence-corrected chi connectivity index (χ4v) is 2.85. The van der Waals surface area contributed by atoms with Crippen molar-refractivity contribution >= 4 is 0 Å². The lowest BCUT2D eigenvalue weighted by molar-refractivity contribution is -0.235. The van der Waals surface area contributed by atoms with Gasteiger partial charge in [-0.05, 0) is 26.0 Å². The molecule has 3 rings (SSSR count). The van der Waals surface area contributed by atoms with Crippen LogP contribution >= 0.6 is 0 Å². The first-order valence-electron chi connectivity index (χ1n) is 7.46. The molecule has 0 aliphatic carbocycles. The van der Waals surface area contributed by atoms with Crippen molar-refractivity contribution in [3.63, 3.8) is 0 Å². The number of hydrogen-bond acceptors (Lipinski definition) is 6. The molecule has 2 aliphatic heterocycles. The van der Waals surface area contributed by atoms with Crippen LogP contribution in [0.15, 0.2) is 30.3 Å². The zero-order valence-corrected chi connectivity index (χ0v) is 13.0. The van der Waals surface area contributed by atoms with Crippen LogP contribution in [-0.4, -0.2) is 57.9 Å². The minimum absolute atomic E-state index is 0.567. The smallest absolute Gasteiger partial charge is 0.191 e. The molecule has 3 N–H and O–H groups in total. The Hall–Kier alpha value is -1.46. The summed E-state index contributed by atoms with van der Waals surface area (Å²) in [5.41, 5.74) is -1.09. The predicted molar refractivity (Wildman–Crippen MR) is 80.1 cm³/mol. The average molecular weight is 320 g/mol. The summed E-state index contributed by atoms with van der Waals surface area (Å²) in [5, 5.41) is 30.2. The van der Waals surface area contributed by atoms with Crippen molar-refractivity contribution in [3.05, 3.63) is 35.9 Å². The molecule has 0 unspecified atom stereocenters. The standard InChI is InChI=1S/C17H20O6/c1-16(2)22-14-15(23-16)21-13(12(19)10-18)17(14,20)9-8-11-6-4-3-5-7-11/h3-7,12-15,18-20H,10H2,1-2H3/t12-,13-,14+,15-,17-/m1/s1. The van der Waals surface area contributed by atoms with Gasteiger partial charge in [0.2, 0.25) is 0 Å². The van der Waals surface area contributed by atoms with Gasteiger partial charge in [-0.15, -0.1) is 0 Å². The second-order valence-electron chi connectivity index (χ2n) is 6.17. The second-order valence-corrected chi connectivity index (χ2v) is 6.17. The topological polar surface area (TPSA) is 88.4 Å². The molecule has 0 amide bonds. The van der Waals surface area contributed by atoms with Gasteiger partial charge in [0.1, 0.15) is 12.2 Å². The molecule has 2 saturated heterocycles. The highest BCUT2D eigenvalue weighted by atomic mass is 16.8. The summed E-state index contributed by atoms with van der Waals surface area (Å²) in [6.45, 7) is 2.84. The van der Waals surface area contributed by atoms with Crippen molar-refractivity contribution in [2.45, 2.75) is 49.8 Å². The number of benzene rings is 1. The first-order chi connectivity index (χ1) is 10.9. The normalized spacial score (nSPS) is 36.1. The van der Waals surface area contributed by atoms with Gasteiger partial charge < -0.3 is 29.5 Å². The summed E-state index contributed by atoms with van der Waals surface area (Å²) in [6, 6.07) is 9.14. The summed E-state index contributed by atoms with van der Waals surface area (Å²) in [4.78, 5) is 0. The van der Waals surface area contributed by atoms with Crippen LogP contribution in [-0.2, 0) is 14.2 Å². The molecule has 0 bridgehead atoms. The molecule has 2 heterocycles. The van der Waals surface area contributed by atoms with E-state index in [0.717, 1.165) is 0 Å². The fourth-order valence-electron chi connectivity index (χ4n) is 2.85. The number of aliphatic hydroxyl groups is 3. The summed E-state index contributed by atoms with van der Waals surface area (Å²) >= 11 is 0. The van der Waals surface area contributed by atoms with Crippen LogP contribution in [0.5, 0.6) is 0 Å². The van der Waals surface area contributed by atoms with Gasteiger partial charge in [0, 0.05) is 5.56 Å². The van der Waals surface area contributed by atoms with Crippen molar-refractivity contribution < 1.29 is 29.5 Å². The molecular formula is C17H20O6. The van der Waals surface area contributed by atoms with Gasteiger partial charge in [0.05, 0.1) is 6.61 Å². The van der Waals surface area contributed by atoms with Crippen molar-refractivity contribution in [2.24, 2.45) is 0 Å². The van der Waals surface area contributed by atoms with Gasteiger partial charge in [0.25, 0.3) is 0 Å². The van der Waals surface area contributed by atoms with E-state index in [0.29, 0.717) is 5.56 Å². The zero-order valence-electron chi connectivity index (χ0n) is 13.0. The Morgan fingerprint density at radius 3 is 2.57 bits per heavy atom. The van der Waals surface area contributed by atoms with E-state index in [1.807, 2.05) is 18.2 Å². The Balaban J connectivity index is 1.95. The molecule has 6 heteroatoms. The fraction of sp³-hybridized carbons (Fsp3) is 0.529. The monoisotopic (exact) mass is 320 g/mol. The van der Waals surface area contributed by atoms with E-state index in [1.165, 1.54) is 0 Å². The Kier molecular flexibility index (Phi) is 4.19. The third kappa shape index (κ3) is 3.00. The Labute approximate surface area is 134 Å². The molecule has 0 radical (unpaired) electrons. The van der Waals surface area contributed by atoms with Crippen LogP contribution in [0.25, 0.3) is 0 Å². The first kappa shape index (κ1) is 16.4. The number of aliphatic hydroxyl groups excluding tert-OH is 2. The summed E-state index contributed by atoms with van der Waals surface area (Å²) in [5.74, 6) is 4.70. The third-order valence-corrected chi connectivity index (χ3v) is 3.92. The minimum atomic E-state index is -1.80. The van der Waals surface area contributed by atoms with Gasteiger partial charge in [-0.3, -0.25) is 0 Å². The van der Waals surface area contributed by atoms with E-state index < -0.39 is 42.6 Å². The predicted octanol–water partition coefficient (Wildman–Crippen LogP) is -0.00120. The van der Waals surface area contributed by atoms with Gasteiger partial charge in [0.15, 0.2) is 23.8 Å². The maximum absolute atomic E-state index is 11.0. The van der Waals surface area contributed by atoms with E-state index in [9.17, 15) is 15.3 Å². The number of rotatable bonds is 2. The zero-order chi connectivity index (χ0) is 16.7. The minimum Gasteiger partial charge on any atom is -0.394 e. The van der Waals surface area contributed by atoms with Crippen LogP contribution in [0.3, 0.4) is 0 Å². The van der Waals surface area contributed by atoms with Crippen molar-refractivity contribution in [1.29, 1.82) is 0 Å². The van der Waals surface area contributed by atoms with Crippen LogP contribution in [0, 0.1) is 11.8 Å². The Morgan fingerprint density at radius 2 is 1.91 bits per heavy atom. The molecule has 2 fully saturated rings. The lowest BCUT2D eigenvalue weighted by Crippen LogP contribution is -2.53. The van der Waals surface area contributed by atoms with Crippen LogP contribution in [0.1, 0.15) is 19.4 Å². The van der Waals surface area contributed by atoms with E-state index in [4.69, 9.17) is 14.2 Å². The number of hydrogen-bond donors (Lipinski definition) is 3. The molecule has 1 aromatic carbocycles. The van der Waals surface area contributed by atoms with Gasteiger partial charge in [-0.1, -0.05) is 30.0 Å². The van der Waals surface area contributed by atoms with Gasteiger partial charge in [-0.25, -0.2) is 0 Å². The quantitative estimate of drug-likeness (QED) is 0.665. The molecule has 0 aromatic heterocycles. The molecule has 124 valence electrons. The molecule has 2 aliphatic rings. The van der Waals surface area contributed by atoms with Crippen molar-refractivity contribution in [1.82, 2.24) is 0 Å². The van der Waals surface area contributed by atoms with E-state index in [-0.39, 0.29) is 0 Å². The maximum Gasteiger partial charge on any atom is 0.191 e. The lowest BCUT2D eigenvalue weighted by atomic mass is 9.89. The van der Waals surface area contributed by atoms with Gasteiger partial charge in [-0.2, -0.15) is 0 Å². The maximum atomic E-state index is 11.0. The first-order valence-corrected chi connectivity index (χ1v) is 7.46. The molecule has 1 aromatic rings. The summed E-state index contributed by atoms with van der Waals surface area (Å²) in [6.07, 6.45) is -4.16. The molecule has 23 heavy (non-hydrogen) atoms. The highest BCUT2D eigenvalue weighted by Crippen LogP contribution is 2.43. The molecule has 6 nitrogen and oxygen atoms in total. The highest BCUT2D eigenvalue weighted by molar-refractivity contribution is 5.38. The van der Waals surface area contributed by atoms with Crippen LogP contribution < -0.4 is 0 Å². The highest BCUT2D eigenvalue weighted by Gasteiger charge is 2.64. The number of ether oxygens (including phenoxy) is 3. The molecule has 5 atom stereocenters. The third-order valence-electron chi connectivity index (χ3n) is 3.92. The Morgan fingerprint density at radius 1 is 1.22 bits per heavy atom. The lowest BCUT2D eigenvalue weighted by Gasteiger charge is -2.31. The van der Waals surface area contributed by atoms with Crippen LogP contribution in [0.4, 0.5) is 0 Å². The van der Waals surface area contributed by atoms with Crippen LogP contribution in [0.2, 0.25) is 0 Å². The van der Waals surface area contributed by atoms with Gasteiger partial charge >= 0.3 is 0 Å². The Bertz CT molecular complexity index is 619. The largest absolute Gasteiger partial charge is 0.394 e.